The summed E-state index contributed by atoms with van der Waals surface area (Å²) < 4.78 is 11.4. The van der Waals surface area contributed by atoms with Gasteiger partial charge < -0.3 is 9.47 Å². The second-order valence-electron chi connectivity index (χ2n) is 10.2. The van der Waals surface area contributed by atoms with Crippen molar-refractivity contribution in [3.8, 4) is 11.5 Å². The Bertz CT molecular complexity index is 876. The Labute approximate surface area is 226 Å². The molecular weight excluding hydrogens is 456 g/mol. The van der Waals surface area contributed by atoms with Gasteiger partial charge >= 0.3 is 0 Å². The average Bonchev–Trinajstić information content (AvgIpc) is 2.94. The van der Waals surface area contributed by atoms with Crippen LogP contribution in [-0.4, -0.2) is 20.0 Å². The summed E-state index contributed by atoms with van der Waals surface area (Å²) >= 11 is 0. The van der Waals surface area contributed by atoms with Crippen LogP contribution in [0.1, 0.15) is 125 Å². The summed E-state index contributed by atoms with van der Waals surface area (Å²) in [6, 6.07) is 13.3. The van der Waals surface area contributed by atoms with E-state index in [1.165, 1.54) is 89.9 Å². The van der Waals surface area contributed by atoms with E-state index in [1.54, 1.807) is 20.3 Å². The van der Waals surface area contributed by atoms with Gasteiger partial charge in [0.2, 0.25) is 0 Å². The number of unbranched alkanes of at least 4 members (excludes halogenated alkanes) is 14. The van der Waals surface area contributed by atoms with Crippen molar-refractivity contribution in [3.05, 3.63) is 65.2 Å². The quantitative estimate of drug-likeness (QED) is 0.0959. The van der Waals surface area contributed by atoms with Crippen molar-refractivity contribution >= 4 is 11.9 Å². The topological polar surface area (TPSA) is 35.5 Å². The Hall–Kier alpha value is -2.55. The number of hydrogen-bond acceptors (Lipinski definition) is 3. The molecule has 0 saturated heterocycles. The lowest BCUT2D eigenvalue weighted by atomic mass is 10.00. The molecule has 0 aliphatic heterocycles. The summed E-state index contributed by atoms with van der Waals surface area (Å²) in [4.78, 5) is 12.4. The van der Waals surface area contributed by atoms with Crippen molar-refractivity contribution in [2.75, 3.05) is 14.2 Å². The molecule has 2 aromatic rings. The van der Waals surface area contributed by atoms with Gasteiger partial charge in [0.1, 0.15) is 11.5 Å². The van der Waals surface area contributed by atoms with Crippen LogP contribution in [0, 0.1) is 0 Å². The van der Waals surface area contributed by atoms with E-state index >= 15 is 0 Å². The number of benzene rings is 2. The fourth-order valence-corrected chi connectivity index (χ4v) is 4.89. The monoisotopic (exact) mass is 506 g/mol. The van der Waals surface area contributed by atoms with Gasteiger partial charge in [-0.15, -0.1) is 0 Å². The lowest BCUT2D eigenvalue weighted by Gasteiger charge is -2.14. The second kappa shape index (κ2) is 19.5. The molecule has 0 fully saturated rings. The minimum absolute atomic E-state index is 0.0135. The van der Waals surface area contributed by atoms with Gasteiger partial charge in [0, 0.05) is 11.1 Å². The van der Waals surface area contributed by atoms with E-state index in [1.807, 2.05) is 48.5 Å². The predicted octanol–water partition coefficient (Wildman–Crippen LogP) is 10.0. The third kappa shape index (κ3) is 12.5. The van der Waals surface area contributed by atoms with E-state index < -0.39 is 0 Å². The van der Waals surface area contributed by atoms with Gasteiger partial charge in [-0.1, -0.05) is 133 Å². The van der Waals surface area contributed by atoms with Gasteiger partial charge in [0.25, 0.3) is 0 Å². The van der Waals surface area contributed by atoms with Gasteiger partial charge in [-0.3, -0.25) is 4.79 Å². The molecule has 0 radical (unpaired) electrons. The molecule has 3 nitrogen and oxygen atoms in total. The van der Waals surface area contributed by atoms with E-state index in [0.29, 0.717) is 5.56 Å². The number of carbonyl (C=O) groups excluding carboxylic acids is 1. The van der Waals surface area contributed by atoms with Crippen LogP contribution in [-0.2, 0) is 6.42 Å². The molecule has 0 spiro atoms. The largest absolute Gasteiger partial charge is 0.496 e. The second-order valence-corrected chi connectivity index (χ2v) is 10.2. The molecule has 0 aromatic heterocycles. The molecular formula is C34H50O3. The molecule has 37 heavy (non-hydrogen) atoms. The van der Waals surface area contributed by atoms with Crippen molar-refractivity contribution in [3.63, 3.8) is 0 Å². The minimum atomic E-state index is -0.0135. The lowest BCUT2D eigenvalue weighted by Crippen LogP contribution is -1.99. The third-order valence-electron chi connectivity index (χ3n) is 7.15. The molecule has 2 rings (SSSR count). The number of ether oxygens (including phenoxy) is 2. The number of methoxy groups -OCH3 is 2. The normalized spacial score (nSPS) is 11.2. The van der Waals surface area contributed by atoms with Gasteiger partial charge in [-0.2, -0.15) is 0 Å². The molecule has 0 bridgehead atoms. The van der Waals surface area contributed by atoms with Crippen molar-refractivity contribution in [2.24, 2.45) is 0 Å². The van der Waals surface area contributed by atoms with Crippen LogP contribution in [0.4, 0.5) is 0 Å². The highest BCUT2D eigenvalue weighted by molar-refractivity contribution is 6.06. The predicted molar refractivity (Wildman–Crippen MR) is 158 cm³/mol. The molecule has 204 valence electrons. The fraction of sp³-hybridized carbons (Fsp3) is 0.559. The first-order valence-electron chi connectivity index (χ1n) is 14.7. The number of carbonyl (C=O) groups is 1. The Morgan fingerprint density at radius 2 is 1.14 bits per heavy atom. The van der Waals surface area contributed by atoms with Crippen LogP contribution in [0.2, 0.25) is 0 Å². The summed E-state index contributed by atoms with van der Waals surface area (Å²) in [5, 5.41) is 0. The standard InChI is InChI=1S/C34H50O3/c1-4-5-6-7-8-9-10-11-12-13-14-15-16-17-21-24-31-33(36-2)27-29(28-34(31)37-3)25-26-32(35)30-22-19-18-20-23-30/h18-20,22-23,25-28H,4-17,21,24H2,1-3H3. The highest BCUT2D eigenvalue weighted by atomic mass is 16.5. The Balaban J connectivity index is 1.67. The molecule has 2 aromatic carbocycles. The molecule has 3 heteroatoms. The SMILES string of the molecule is CCCCCCCCCCCCCCCCCc1c(OC)cc(C=CC(=O)c2ccccc2)cc1OC. The zero-order valence-corrected chi connectivity index (χ0v) is 23.7. The molecule has 0 aliphatic carbocycles. The van der Waals surface area contributed by atoms with E-state index in [-0.39, 0.29) is 5.78 Å². The van der Waals surface area contributed by atoms with Gasteiger partial charge in [-0.25, -0.2) is 0 Å². The Kier molecular flexibility index (Phi) is 16.2. The van der Waals surface area contributed by atoms with Crippen LogP contribution in [0.3, 0.4) is 0 Å². The molecule has 0 atom stereocenters. The fourth-order valence-electron chi connectivity index (χ4n) is 4.89. The summed E-state index contributed by atoms with van der Waals surface area (Å²) in [5.41, 5.74) is 2.70. The zero-order valence-electron chi connectivity index (χ0n) is 23.7. The maximum Gasteiger partial charge on any atom is 0.185 e. The number of ketones is 1. The summed E-state index contributed by atoms with van der Waals surface area (Å²) in [5.74, 6) is 1.65. The third-order valence-corrected chi connectivity index (χ3v) is 7.15. The molecule has 0 saturated carbocycles. The molecule has 0 aliphatic rings. The minimum Gasteiger partial charge on any atom is -0.496 e. The van der Waals surface area contributed by atoms with Crippen LogP contribution < -0.4 is 9.47 Å². The lowest BCUT2D eigenvalue weighted by molar-refractivity contribution is 0.104. The first-order valence-corrected chi connectivity index (χ1v) is 14.7. The van der Waals surface area contributed by atoms with Crippen LogP contribution >= 0.6 is 0 Å². The average molecular weight is 507 g/mol. The van der Waals surface area contributed by atoms with Gasteiger partial charge in [0.05, 0.1) is 14.2 Å². The van der Waals surface area contributed by atoms with Crippen molar-refractivity contribution in [1.82, 2.24) is 0 Å². The zero-order chi connectivity index (χ0) is 26.6. The van der Waals surface area contributed by atoms with E-state index in [4.69, 9.17) is 9.47 Å². The Morgan fingerprint density at radius 3 is 1.59 bits per heavy atom. The van der Waals surface area contributed by atoms with Crippen LogP contribution in [0.15, 0.2) is 48.5 Å². The highest BCUT2D eigenvalue weighted by Crippen LogP contribution is 2.33. The summed E-state index contributed by atoms with van der Waals surface area (Å²) in [6.07, 6.45) is 24.9. The summed E-state index contributed by atoms with van der Waals surface area (Å²) in [6.45, 7) is 2.28. The first-order chi connectivity index (χ1) is 18.2. The maximum absolute atomic E-state index is 12.4. The first kappa shape index (κ1) is 30.7. The smallest absolute Gasteiger partial charge is 0.185 e. The molecule has 0 unspecified atom stereocenters. The number of allylic oxidation sites excluding steroid dienone is 1. The van der Waals surface area contributed by atoms with E-state index in [0.717, 1.165) is 35.5 Å². The highest BCUT2D eigenvalue weighted by Gasteiger charge is 2.12. The van der Waals surface area contributed by atoms with Gasteiger partial charge in [0.15, 0.2) is 5.78 Å². The molecule has 0 amide bonds. The number of hydrogen-bond donors (Lipinski definition) is 0. The Morgan fingerprint density at radius 1 is 0.676 bits per heavy atom. The van der Waals surface area contributed by atoms with Crippen LogP contribution in [0.5, 0.6) is 11.5 Å². The number of rotatable bonds is 21. The van der Waals surface area contributed by atoms with Crippen molar-refractivity contribution in [1.29, 1.82) is 0 Å². The van der Waals surface area contributed by atoms with Crippen LogP contribution in [0.25, 0.3) is 6.08 Å². The maximum atomic E-state index is 12.4. The van der Waals surface area contributed by atoms with Crippen molar-refractivity contribution in [2.45, 2.75) is 110 Å². The van der Waals surface area contributed by atoms with Crippen molar-refractivity contribution < 1.29 is 14.3 Å². The van der Waals surface area contributed by atoms with Gasteiger partial charge in [-0.05, 0) is 36.6 Å². The van der Waals surface area contributed by atoms with E-state index in [9.17, 15) is 4.79 Å². The molecule has 0 heterocycles. The summed E-state index contributed by atoms with van der Waals surface area (Å²) in [7, 11) is 3.40. The molecule has 0 N–H and O–H groups in total. The van der Waals surface area contributed by atoms with E-state index in [2.05, 4.69) is 6.92 Å².